The number of nitrogens with one attached hydrogen (secondary N) is 1. The second kappa shape index (κ2) is 7.29. The van der Waals surface area contributed by atoms with E-state index in [-0.39, 0.29) is 11.4 Å². The van der Waals surface area contributed by atoms with Crippen molar-refractivity contribution in [2.75, 3.05) is 6.54 Å². The summed E-state index contributed by atoms with van der Waals surface area (Å²) in [5.41, 5.74) is 8.04. The van der Waals surface area contributed by atoms with E-state index in [4.69, 9.17) is 5.73 Å². The van der Waals surface area contributed by atoms with E-state index in [1.807, 2.05) is 12.1 Å². The molecule has 0 aliphatic carbocycles. The number of hydrogen-bond donors (Lipinski definition) is 2. The Kier molecular flexibility index (Phi) is 6.03. The largest absolute Gasteiger partial charge is 0.349 e. The smallest absolute Gasteiger partial charge is 0.220 e. The van der Waals surface area contributed by atoms with Gasteiger partial charge in [0.2, 0.25) is 5.91 Å². The molecule has 3 nitrogen and oxygen atoms in total. The molecule has 0 aliphatic heterocycles. The number of benzene rings is 1. The Morgan fingerprint density at radius 1 is 1.26 bits per heavy atom. The van der Waals surface area contributed by atoms with Crippen molar-refractivity contribution < 1.29 is 4.79 Å². The molecule has 1 aromatic rings. The van der Waals surface area contributed by atoms with Gasteiger partial charge in [0.25, 0.3) is 0 Å². The highest BCUT2D eigenvalue weighted by Gasteiger charge is 2.25. The molecule has 0 aromatic heterocycles. The monoisotopic (exact) mass is 262 g/mol. The minimum atomic E-state index is -0.233. The molecular formula is C16H26N2O. The fourth-order valence-electron chi connectivity index (χ4n) is 2.26. The van der Waals surface area contributed by atoms with Gasteiger partial charge in [-0.3, -0.25) is 4.79 Å². The maximum Gasteiger partial charge on any atom is 0.220 e. The molecule has 0 spiro atoms. The standard InChI is InChI=1S/C16H26N2O/c1-4-16(5-2,12-17)18-15(19)11-10-14-9-7-6-8-13(14)3/h6-9H,4-5,10-12,17H2,1-3H3,(H,18,19). The van der Waals surface area contributed by atoms with Crippen molar-refractivity contribution in [1.29, 1.82) is 0 Å². The van der Waals surface area contributed by atoms with Gasteiger partial charge in [-0.05, 0) is 37.3 Å². The molecule has 3 N–H and O–H groups in total. The zero-order valence-corrected chi connectivity index (χ0v) is 12.3. The van der Waals surface area contributed by atoms with Crippen molar-refractivity contribution in [2.45, 2.75) is 52.0 Å². The van der Waals surface area contributed by atoms with Gasteiger partial charge in [-0.15, -0.1) is 0 Å². The van der Waals surface area contributed by atoms with Crippen molar-refractivity contribution in [3.05, 3.63) is 35.4 Å². The molecule has 106 valence electrons. The second-order valence-electron chi connectivity index (χ2n) is 5.17. The highest BCUT2D eigenvalue weighted by Crippen LogP contribution is 2.14. The Balaban J connectivity index is 2.54. The van der Waals surface area contributed by atoms with Gasteiger partial charge in [0.1, 0.15) is 0 Å². The number of aryl methyl sites for hydroxylation is 2. The van der Waals surface area contributed by atoms with E-state index in [0.717, 1.165) is 19.3 Å². The first-order chi connectivity index (χ1) is 9.06. The molecule has 0 fully saturated rings. The van der Waals surface area contributed by atoms with Gasteiger partial charge in [0, 0.05) is 13.0 Å². The summed E-state index contributed by atoms with van der Waals surface area (Å²) in [4.78, 5) is 12.1. The van der Waals surface area contributed by atoms with E-state index in [0.29, 0.717) is 13.0 Å². The molecule has 19 heavy (non-hydrogen) atoms. The summed E-state index contributed by atoms with van der Waals surface area (Å²) in [6, 6.07) is 8.20. The maximum absolute atomic E-state index is 12.1. The van der Waals surface area contributed by atoms with Gasteiger partial charge >= 0.3 is 0 Å². The van der Waals surface area contributed by atoms with Crippen LogP contribution in [0.3, 0.4) is 0 Å². The summed E-state index contributed by atoms with van der Waals surface area (Å²) < 4.78 is 0. The van der Waals surface area contributed by atoms with Crippen molar-refractivity contribution in [3.8, 4) is 0 Å². The van der Waals surface area contributed by atoms with Crippen molar-refractivity contribution in [1.82, 2.24) is 5.32 Å². The summed E-state index contributed by atoms with van der Waals surface area (Å²) in [7, 11) is 0. The Morgan fingerprint density at radius 2 is 1.89 bits per heavy atom. The summed E-state index contributed by atoms with van der Waals surface area (Å²) in [5, 5.41) is 3.11. The molecule has 0 unspecified atom stereocenters. The van der Waals surface area contributed by atoms with Crippen LogP contribution in [-0.2, 0) is 11.2 Å². The van der Waals surface area contributed by atoms with Crippen LogP contribution in [0.1, 0.15) is 44.2 Å². The molecule has 0 heterocycles. The quantitative estimate of drug-likeness (QED) is 0.793. The SMILES string of the molecule is CCC(CC)(CN)NC(=O)CCc1ccccc1C. The highest BCUT2D eigenvalue weighted by atomic mass is 16.1. The Morgan fingerprint density at radius 3 is 2.42 bits per heavy atom. The number of carbonyl (C=O) groups is 1. The lowest BCUT2D eigenvalue weighted by atomic mass is 9.92. The number of carbonyl (C=O) groups excluding carboxylic acids is 1. The molecule has 1 aromatic carbocycles. The predicted molar refractivity (Wildman–Crippen MR) is 80.0 cm³/mol. The van der Waals surface area contributed by atoms with Gasteiger partial charge in [-0.25, -0.2) is 0 Å². The third kappa shape index (κ3) is 4.35. The minimum absolute atomic E-state index is 0.0948. The lowest BCUT2D eigenvalue weighted by Gasteiger charge is -2.31. The Hall–Kier alpha value is -1.35. The average Bonchev–Trinajstić information content (AvgIpc) is 2.44. The van der Waals surface area contributed by atoms with Crippen LogP contribution >= 0.6 is 0 Å². The van der Waals surface area contributed by atoms with E-state index in [1.54, 1.807) is 0 Å². The normalized spacial score (nSPS) is 11.4. The van der Waals surface area contributed by atoms with E-state index in [9.17, 15) is 4.79 Å². The zero-order valence-electron chi connectivity index (χ0n) is 12.3. The van der Waals surface area contributed by atoms with Crippen molar-refractivity contribution in [2.24, 2.45) is 5.73 Å². The van der Waals surface area contributed by atoms with E-state index in [1.165, 1.54) is 11.1 Å². The topological polar surface area (TPSA) is 55.1 Å². The lowest BCUT2D eigenvalue weighted by Crippen LogP contribution is -2.52. The Labute approximate surface area is 116 Å². The zero-order chi connectivity index (χ0) is 14.3. The van der Waals surface area contributed by atoms with Crippen LogP contribution in [0.2, 0.25) is 0 Å². The van der Waals surface area contributed by atoms with E-state index >= 15 is 0 Å². The molecule has 1 amide bonds. The van der Waals surface area contributed by atoms with Crippen LogP contribution in [0, 0.1) is 6.92 Å². The molecule has 1 rings (SSSR count). The van der Waals surface area contributed by atoms with Crippen molar-refractivity contribution in [3.63, 3.8) is 0 Å². The second-order valence-corrected chi connectivity index (χ2v) is 5.17. The van der Waals surface area contributed by atoms with Gasteiger partial charge in [0.05, 0.1) is 5.54 Å². The fraction of sp³-hybridized carbons (Fsp3) is 0.562. The molecule has 0 bridgehead atoms. The van der Waals surface area contributed by atoms with Gasteiger partial charge < -0.3 is 11.1 Å². The van der Waals surface area contributed by atoms with Crippen LogP contribution < -0.4 is 11.1 Å². The van der Waals surface area contributed by atoms with Crippen LogP contribution in [-0.4, -0.2) is 18.0 Å². The third-order valence-electron chi connectivity index (χ3n) is 4.03. The summed E-state index contributed by atoms with van der Waals surface area (Å²) in [6.07, 6.45) is 3.05. The van der Waals surface area contributed by atoms with Crippen LogP contribution in [0.4, 0.5) is 0 Å². The lowest BCUT2D eigenvalue weighted by molar-refractivity contribution is -0.123. The number of amides is 1. The van der Waals surface area contributed by atoms with Gasteiger partial charge in [-0.2, -0.15) is 0 Å². The molecule has 3 heteroatoms. The van der Waals surface area contributed by atoms with Crippen LogP contribution in [0.15, 0.2) is 24.3 Å². The highest BCUT2D eigenvalue weighted by molar-refractivity contribution is 5.77. The number of nitrogens with two attached hydrogens (primary N) is 1. The first-order valence-electron chi connectivity index (χ1n) is 7.12. The van der Waals surface area contributed by atoms with Crippen molar-refractivity contribution >= 4 is 5.91 Å². The number of rotatable bonds is 7. The molecule has 0 aliphatic rings. The number of hydrogen-bond acceptors (Lipinski definition) is 2. The maximum atomic E-state index is 12.1. The molecule has 0 saturated carbocycles. The predicted octanol–water partition coefficient (Wildman–Crippen LogP) is 2.56. The van der Waals surface area contributed by atoms with Gasteiger partial charge in [0.15, 0.2) is 0 Å². The molecule has 0 saturated heterocycles. The fourth-order valence-corrected chi connectivity index (χ4v) is 2.26. The summed E-state index contributed by atoms with van der Waals surface area (Å²) in [6.45, 7) is 6.71. The average molecular weight is 262 g/mol. The van der Waals surface area contributed by atoms with E-state index in [2.05, 4.69) is 38.2 Å². The third-order valence-corrected chi connectivity index (χ3v) is 4.03. The van der Waals surface area contributed by atoms with Crippen LogP contribution in [0.5, 0.6) is 0 Å². The Bertz CT molecular complexity index is 403. The van der Waals surface area contributed by atoms with Crippen LogP contribution in [0.25, 0.3) is 0 Å². The first-order valence-corrected chi connectivity index (χ1v) is 7.12. The first kappa shape index (κ1) is 15.7. The van der Waals surface area contributed by atoms with Gasteiger partial charge in [-0.1, -0.05) is 38.1 Å². The minimum Gasteiger partial charge on any atom is -0.349 e. The van der Waals surface area contributed by atoms with E-state index < -0.39 is 0 Å². The molecule has 0 radical (unpaired) electrons. The summed E-state index contributed by atoms with van der Waals surface area (Å²) >= 11 is 0. The molecular weight excluding hydrogens is 236 g/mol. The molecule has 0 atom stereocenters. The summed E-state index contributed by atoms with van der Waals surface area (Å²) in [5.74, 6) is 0.0948.